The second-order valence-corrected chi connectivity index (χ2v) is 10.7. The van der Waals surface area contributed by atoms with Crippen LogP contribution in [-0.2, 0) is 10.0 Å². The van der Waals surface area contributed by atoms with Crippen LogP contribution in [0.5, 0.6) is 11.6 Å². The van der Waals surface area contributed by atoms with Gasteiger partial charge in [-0.25, -0.2) is 18.1 Å². The number of aromatic nitrogens is 4. The summed E-state index contributed by atoms with van der Waals surface area (Å²) in [6.07, 6.45) is 0. The van der Waals surface area contributed by atoms with Crippen LogP contribution in [0.25, 0.3) is 5.82 Å². The largest absolute Gasteiger partial charge is 0.439 e. The Bertz CT molecular complexity index is 1400. The number of nitrogens with zero attached hydrogens (tertiary/aromatic N) is 4. The highest BCUT2D eigenvalue weighted by Gasteiger charge is 2.17. The number of ether oxygens (including phenoxy) is 1. The molecule has 0 fully saturated rings. The summed E-state index contributed by atoms with van der Waals surface area (Å²) in [6, 6.07) is 11.3. The molecule has 0 radical (unpaired) electrons. The maximum Gasteiger partial charge on any atom is 0.271 e. The molecule has 0 unspecified atom stereocenters. The molecule has 3 aromatic heterocycles. The van der Waals surface area contributed by atoms with E-state index in [2.05, 4.69) is 19.8 Å². The molecule has 3 heterocycles. The molecule has 0 saturated heterocycles. The number of nitrogens with one attached hydrogen (secondary N) is 1. The Labute approximate surface area is 194 Å². The lowest BCUT2D eigenvalue weighted by Crippen LogP contribution is -2.11. The zero-order valence-corrected chi connectivity index (χ0v) is 20.1. The van der Waals surface area contributed by atoms with Gasteiger partial charge in [-0.1, -0.05) is 11.6 Å². The van der Waals surface area contributed by atoms with Crippen LogP contribution >= 0.6 is 22.9 Å². The molecule has 0 bridgehead atoms. The first kappa shape index (κ1) is 22.3. The van der Waals surface area contributed by atoms with Gasteiger partial charge in [-0.15, -0.1) is 11.3 Å². The standard InChI is InChI=1S/C21H20ClN5O3S2/c1-12-13(2)25-27(14(12)3)19-11-20(24-15(4)23-19)30-17-7-5-16(6-8-17)26-32(28,29)21-10-9-18(22)31-21/h5-11,26H,1-4H3. The van der Waals surface area contributed by atoms with Gasteiger partial charge < -0.3 is 4.74 Å². The smallest absolute Gasteiger partial charge is 0.271 e. The zero-order valence-electron chi connectivity index (χ0n) is 17.7. The van der Waals surface area contributed by atoms with E-state index in [4.69, 9.17) is 16.3 Å². The number of thiophene rings is 1. The summed E-state index contributed by atoms with van der Waals surface area (Å²) >= 11 is 6.83. The van der Waals surface area contributed by atoms with E-state index in [1.54, 1.807) is 48.0 Å². The van der Waals surface area contributed by atoms with Crippen molar-refractivity contribution >= 4 is 38.6 Å². The van der Waals surface area contributed by atoms with Gasteiger partial charge >= 0.3 is 0 Å². The Kier molecular flexibility index (Phi) is 5.93. The fourth-order valence-corrected chi connectivity index (χ4v) is 5.53. The van der Waals surface area contributed by atoms with Gasteiger partial charge in [-0.3, -0.25) is 4.72 Å². The summed E-state index contributed by atoms with van der Waals surface area (Å²) in [4.78, 5) is 8.81. The fourth-order valence-electron chi connectivity index (χ4n) is 2.99. The minimum atomic E-state index is -3.70. The Hall–Kier alpha value is -2.95. The summed E-state index contributed by atoms with van der Waals surface area (Å²) in [6.45, 7) is 7.73. The van der Waals surface area contributed by atoms with E-state index in [-0.39, 0.29) is 4.21 Å². The van der Waals surface area contributed by atoms with E-state index >= 15 is 0 Å². The van der Waals surface area contributed by atoms with Crippen LogP contribution in [-0.4, -0.2) is 28.2 Å². The topological polar surface area (TPSA) is 99.0 Å². The number of halogens is 1. The molecule has 0 spiro atoms. The molecular formula is C21H20ClN5O3S2. The highest BCUT2D eigenvalue weighted by atomic mass is 35.5. The lowest BCUT2D eigenvalue weighted by atomic mass is 10.2. The molecule has 11 heteroatoms. The first-order valence-corrected chi connectivity index (χ1v) is 12.2. The molecule has 1 aromatic carbocycles. The minimum absolute atomic E-state index is 0.145. The Balaban J connectivity index is 1.54. The van der Waals surface area contributed by atoms with Gasteiger partial charge in [0.2, 0.25) is 5.88 Å². The number of aryl methyl sites for hydroxylation is 2. The van der Waals surface area contributed by atoms with E-state index in [0.29, 0.717) is 33.3 Å². The zero-order chi connectivity index (χ0) is 23.0. The number of rotatable bonds is 6. The second kappa shape index (κ2) is 8.53. The van der Waals surface area contributed by atoms with E-state index in [1.165, 1.54) is 6.07 Å². The average Bonchev–Trinajstić information content (AvgIpc) is 3.28. The maximum absolute atomic E-state index is 12.4. The highest BCUT2D eigenvalue weighted by molar-refractivity contribution is 7.94. The predicted octanol–water partition coefficient (Wildman–Crippen LogP) is 5.20. The van der Waals surface area contributed by atoms with Gasteiger partial charge in [-0.2, -0.15) is 10.1 Å². The molecule has 4 rings (SSSR count). The molecule has 0 atom stereocenters. The summed E-state index contributed by atoms with van der Waals surface area (Å²) in [7, 11) is -3.70. The molecule has 0 aliphatic carbocycles. The minimum Gasteiger partial charge on any atom is -0.439 e. The van der Waals surface area contributed by atoms with Crippen molar-refractivity contribution in [3.8, 4) is 17.4 Å². The lowest BCUT2D eigenvalue weighted by Gasteiger charge is -2.10. The maximum atomic E-state index is 12.4. The molecule has 32 heavy (non-hydrogen) atoms. The third-order valence-electron chi connectivity index (χ3n) is 4.81. The summed E-state index contributed by atoms with van der Waals surface area (Å²) < 4.78 is 35.6. The third kappa shape index (κ3) is 4.62. The van der Waals surface area contributed by atoms with Crippen molar-refractivity contribution in [2.24, 2.45) is 0 Å². The van der Waals surface area contributed by atoms with Crippen LogP contribution in [0.2, 0.25) is 4.34 Å². The third-order valence-corrected chi connectivity index (χ3v) is 7.92. The van der Waals surface area contributed by atoms with Crippen molar-refractivity contribution in [1.29, 1.82) is 0 Å². The first-order chi connectivity index (χ1) is 15.1. The first-order valence-electron chi connectivity index (χ1n) is 9.57. The lowest BCUT2D eigenvalue weighted by molar-refractivity contribution is 0.459. The van der Waals surface area contributed by atoms with E-state index in [0.717, 1.165) is 28.3 Å². The summed E-state index contributed by atoms with van der Waals surface area (Å²) in [5.41, 5.74) is 3.44. The Morgan fingerprint density at radius 2 is 1.75 bits per heavy atom. The van der Waals surface area contributed by atoms with E-state index in [1.807, 2.05) is 20.8 Å². The SMILES string of the molecule is Cc1nc(Oc2ccc(NS(=O)(=O)c3ccc(Cl)s3)cc2)cc(-n2nc(C)c(C)c2C)n1. The van der Waals surface area contributed by atoms with Crippen LogP contribution in [0.4, 0.5) is 5.69 Å². The van der Waals surface area contributed by atoms with Gasteiger partial charge in [0.1, 0.15) is 15.8 Å². The number of sulfonamides is 1. The van der Waals surface area contributed by atoms with Gasteiger partial charge in [0, 0.05) is 17.4 Å². The number of benzene rings is 1. The molecule has 0 aliphatic heterocycles. The molecule has 8 nitrogen and oxygen atoms in total. The van der Waals surface area contributed by atoms with Crippen LogP contribution in [0.1, 0.15) is 22.8 Å². The van der Waals surface area contributed by atoms with Gasteiger partial charge in [0.05, 0.1) is 10.0 Å². The quantitative estimate of drug-likeness (QED) is 0.399. The molecule has 1 N–H and O–H groups in total. The van der Waals surface area contributed by atoms with Gasteiger partial charge in [-0.05, 0) is 69.7 Å². The number of anilines is 1. The van der Waals surface area contributed by atoms with Crippen molar-refractivity contribution in [1.82, 2.24) is 19.7 Å². The van der Waals surface area contributed by atoms with Crippen molar-refractivity contribution in [2.45, 2.75) is 31.9 Å². The van der Waals surface area contributed by atoms with Crippen LogP contribution < -0.4 is 9.46 Å². The Morgan fingerprint density at radius 3 is 2.34 bits per heavy atom. The molecular weight excluding hydrogens is 470 g/mol. The van der Waals surface area contributed by atoms with Crippen molar-refractivity contribution in [3.05, 3.63) is 69.6 Å². The Morgan fingerprint density at radius 1 is 1.03 bits per heavy atom. The van der Waals surface area contributed by atoms with E-state index < -0.39 is 10.0 Å². The average molecular weight is 490 g/mol. The van der Waals surface area contributed by atoms with Crippen molar-refractivity contribution in [2.75, 3.05) is 4.72 Å². The monoisotopic (exact) mass is 489 g/mol. The van der Waals surface area contributed by atoms with Crippen LogP contribution in [0.15, 0.2) is 46.7 Å². The fraction of sp³-hybridized carbons (Fsp3) is 0.190. The number of hydrogen-bond donors (Lipinski definition) is 1. The molecule has 4 aromatic rings. The molecule has 0 amide bonds. The summed E-state index contributed by atoms with van der Waals surface area (Å²) in [5.74, 6) is 2.02. The van der Waals surface area contributed by atoms with E-state index in [9.17, 15) is 8.42 Å². The van der Waals surface area contributed by atoms with Crippen molar-refractivity contribution in [3.63, 3.8) is 0 Å². The number of hydrogen-bond acceptors (Lipinski definition) is 7. The molecule has 0 saturated carbocycles. The van der Waals surface area contributed by atoms with Gasteiger partial charge in [0.15, 0.2) is 5.82 Å². The van der Waals surface area contributed by atoms with Crippen LogP contribution in [0.3, 0.4) is 0 Å². The highest BCUT2D eigenvalue weighted by Crippen LogP contribution is 2.28. The second-order valence-electron chi connectivity index (χ2n) is 7.11. The van der Waals surface area contributed by atoms with Crippen molar-refractivity contribution < 1.29 is 13.2 Å². The van der Waals surface area contributed by atoms with Crippen LogP contribution in [0, 0.1) is 27.7 Å². The van der Waals surface area contributed by atoms with Gasteiger partial charge in [0.25, 0.3) is 10.0 Å². The molecule has 0 aliphatic rings. The normalized spacial score (nSPS) is 11.5. The summed E-state index contributed by atoms with van der Waals surface area (Å²) in [5, 5.41) is 4.54. The predicted molar refractivity (Wildman–Crippen MR) is 125 cm³/mol. The molecule has 166 valence electrons.